The summed E-state index contributed by atoms with van der Waals surface area (Å²) in [5.74, 6) is 1.37. The summed E-state index contributed by atoms with van der Waals surface area (Å²) in [5, 5.41) is 4.09. The Bertz CT molecular complexity index is 789. The average Bonchev–Trinajstić information content (AvgIpc) is 3.24. The van der Waals surface area contributed by atoms with Crippen LogP contribution in [0.1, 0.15) is 31.2 Å². The SMILES string of the molecule is CN(C)S(=O)(=O)CCCN1CCC[C@@H]1c1nc(-c2ccccc2)no1. The van der Waals surface area contributed by atoms with Crippen molar-refractivity contribution >= 4 is 10.0 Å². The normalized spacial score (nSPS) is 18.9. The molecule has 1 saturated heterocycles. The van der Waals surface area contributed by atoms with Gasteiger partial charge in [-0.1, -0.05) is 35.5 Å². The lowest BCUT2D eigenvalue weighted by Gasteiger charge is -2.21. The van der Waals surface area contributed by atoms with Crippen LogP contribution in [-0.2, 0) is 10.0 Å². The molecule has 0 saturated carbocycles. The van der Waals surface area contributed by atoms with E-state index in [0.29, 0.717) is 24.7 Å². The maximum absolute atomic E-state index is 11.9. The maximum Gasteiger partial charge on any atom is 0.244 e. The molecule has 0 aliphatic carbocycles. The Hall–Kier alpha value is -1.77. The number of benzene rings is 1. The highest BCUT2D eigenvalue weighted by molar-refractivity contribution is 7.89. The highest BCUT2D eigenvalue weighted by atomic mass is 32.2. The minimum Gasteiger partial charge on any atom is -0.337 e. The highest BCUT2D eigenvalue weighted by Crippen LogP contribution is 2.32. The minimum absolute atomic E-state index is 0.0759. The van der Waals surface area contributed by atoms with Gasteiger partial charge in [0, 0.05) is 19.7 Å². The van der Waals surface area contributed by atoms with E-state index in [1.54, 1.807) is 14.1 Å². The molecule has 2 aromatic rings. The summed E-state index contributed by atoms with van der Waals surface area (Å²) in [7, 11) is -0.0147. The van der Waals surface area contributed by atoms with Crippen molar-refractivity contribution in [3.63, 3.8) is 0 Å². The van der Waals surface area contributed by atoms with E-state index in [0.717, 1.165) is 24.9 Å². The molecule has 0 N–H and O–H groups in total. The molecule has 0 radical (unpaired) electrons. The number of aromatic nitrogens is 2. The predicted octanol–water partition coefficient (Wildman–Crippen LogP) is 2.16. The van der Waals surface area contributed by atoms with Gasteiger partial charge in [-0.25, -0.2) is 12.7 Å². The predicted molar refractivity (Wildman–Crippen MR) is 95.4 cm³/mol. The van der Waals surface area contributed by atoms with Gasteiger partial charge in [0.15, 0.2) is 0 Å². The number of sulfonamides is 1. The van der Waals surface area contributed by atoms with Gasteiger partial charge in [-0.2, -0.15) is 4.98 Å². The first-order valence-corrected chi connectivity index (χ1v) is 10.1. The van der Waals surface area contributed by atoms with Crippen LogP contribution >= 0.6 is 0 Å². The molecule has 1 aliphatic rings. The van der Waals surface area contributed by atoms with E-state index in [1.807, 2.05) is 30.3 Å². The summed E-state index contributed by atoms with van der Waals surface area (Å²) >= 11 is 0. The molecule has 136 valence electrons. The Morgan fingerprint density at radius 2 is 2.04 bits per heavy atom. The monoisotopic (exact) mass is 364 g/mol. The molecule has 0 amide bonds. The van der Waals surface area contributed by atoms with E-state index in [4.69, 9.17) is 4.52 Å². The van der Waals surface area contributed by atoms with Crippen molar-refractivity contribution in [1.29, 1.82) is 0 Å². The molecule has 1 aromatic carbocycles. The number of nitrogens with zero attached hydrogens (tertiary/aromatic N) is 4. The largest absolute Gasteiger partial charge is 0.337 e. The van der Waals surface area contributed by atoms with Crippen LogP contribution in [0.15, 0.2) is 34.9 Å². The Balaban J connectivity index is 1.63. The quantitative estimate of drug-likeness (QED) is 0.749. The van der Waals surface area contributed by atoms with Crippen molar-refractivity contribution in [3.8, 4) is 11.4 Å². The standard InChI is InChI=1S/C17H24N4O3S/c1-20(2)25(22,23)13-7-12-21-11-6-10-15(21)17-18-16(19-24-17)14-8-4-3-5-9-14/h3-5,8-9,15H,6-7,10-13H2,1-2H3/t15-/m1/s1. The van der Waals surface area contributed by atoms with Crippen LogP contribution in [0.5, 0.6) is 0 Å². The van der Waals surface area contributed by atoms with Gasteiger partial charge >= 0.3 is 0 Å². The number of likely N-dealkylation sites (tertiary alicyclic amines) is 1. The third-order valence-electron chi connectivity index (χ3n) is 4.53. The Morgan fingerprint density at radius 1 is 1.28 bits per heavy atom. The molecule has 0 bridgehead atoms. The van der Waals surface area contributed by atoms with Crippen LogP contribution < -0.4 is 0 Å². The van der Waals surface area contributed by atoms with Gasteiger partial charge < -0.3 is 4.52 Å². The van der Waals surface area contributed by atoms with Gasteiger partial charge in [0.25, 0.3) is 0 Å². The summed E-state index contributed by atoms with van der Waals surface area (Å²) in [4.78, 5) is 6.80. The fourth-order valence-corrected chi connectivity index (χ4v) is 3.94. The molecule has 8 heteroatoms. The lowest BCUT2D eigenvalue weighted by atomic mass is 10.2. The molecule has 0 unspecified atom stereocenters. The third-order valence-corrected chi connectivity index (χ3v) is 6.44. The average molecular weight is 364 g/mol. The van der Waals surface area contributed by atoms with E-state index in [2.05, 4.69) is 15.0 Å². The number of hydrogen-bond donors (Lipinski definition) is 0. The topological polar surface area (TPSA) is 79.5 Å². The summed E-state index contributed by atoms with van der Waals surface area (Å²) in [6, 6.07) is 9.81. The van der Waals surface area contributed by atoms with Gasteiger partial charge in [0.1, 0.15) is 0 Å². The van der Waals surface area contributed by atoms with E-state index in [1.165, 1.54) is 4.31 Å². The molecule has 3 rings (SSSR count). The second kappa shape index (κ2) is 7.63. The molecule has 1 fully saturated rings. The van der Waals surface area contributed by atoms with Crippen molar-refractivity contribution in [2.75, 3.05) is 32.9 Å². The zero-order chi connectivity index (χ0) is 17.9. The number of rotatable bonds is 7. The van der Waals surface area contributed by atoms with Crippen LogP contribution in [0.4, 0.5) is 0 Å². The Kier molecular flexibility index (Phi) is 5.51. The first-order valence-electron chi connectivity index (χ1n) is 8.50. The zero-order valence-corrected chi connectivity index (χ0v) is 15.4. The van der Waals surface area contributed by atoms with Crippen LogP contribution in [0.3, 0.4) is 0 Å². The number of hydrogen-bond acceptors (Lipinski definition) is 6. The molecular weight excluding hydrogens is 340 g/mol. The first kappa shape index (κ1) is 18.0. The summed E-state index contributed by atoms with van der Waals surface area (Å²) < 4.78 is 30.5. The Morgan fingerprint density at radius 3 is 2.76 bits per heavy atom. The van der Waals surface area contributed by atoms with Gasteiger partial charge in [-0.15, -0.1) is 0 Å². The van der Waals surface area contributed by atoms with Gasteiger partial charge in [-0.05, 0) is 32.4 Å². The summed E-state index contributed by atoms with van der Waals surface area (Å²) in [6.45, 7) is 1.64. The van der Waals surface area contributed by atoms with Crippen molar-refractivity contribution in [1.82, 2.24) is 19.3 Å². The lowest BCUT2D eigenvalue weighted by molar-refractivity contribution is 0.208. The van der Waals surface area contributed by atoms with Crippen LogP contribution in [0, 0.1) is 0 Å². The van der Waals surface area contributed by atoms with Gasteiger partial charge in [0.05, 0.1) is 11.8 Å². The van der Waals surface area contributed by atoms with E-state index in [9.17, 15) is 8.42 Å². The second-order valence-electron chi connectivity index (χ2n) is 6.47. The van der Waals surface area contributed by atoms with Crippen LogP contribution in [-0.4, -0.2) is 60.7 Å². The molecular formula is C17H24N4O3S. The lowest BCUT2D eigenvalue weighted by Crippen LogP contribution is -2.29. The third kappa shape index (κ3) is 4.26. The van der Waals surface area contributed by atoms with Crippen molar-refractivity contribution in [3.05, 3.63) is 36.2 Å². The highest BCUT2D eigenvalue weighted by Gasteiger charge is 2.30. The minimum atomic E-state index is -3.15. The maximum atomic E-state index is 11.9. The molecule has 2 heterocycles. The fraction of sp³-hybridized carbons (Fsp3) is 0.529. The molecule has 1 atom stereocenters. The molecule has 25 heavy (non-hydrogen) atoms. The zero-order valence-electron chi connectivity index (χ0n) is 14.6. The summed E-state index contributed by atoms with van der Waals surface area (Å²) in [5.41, 5.74) is 0.930. The van der Waals surface area contributed by atoms with Gasteiger partial charge in [-0.3, -0.25) is 4.90 Å². The second-order valence-corrected chi connectivity index (χ2v) is 8.77. The molecule has 1 aromatic heterocycles. The van der Waals surface area contributed by atoms with E-state index in [-0.39, 0.29) is 11.8 Å². The van der Waals surface area contributed by atoms with Crippen molar-refractivity contribution in [2.24, 2.45) is 0 Å². The smallest absolute Gasteiger partial charge is 0.244 e. The van der Waals surface area contributed by atoms with E-state index >= 15 is 0 Å². The van der Waals surface area contributed by atoms with Crippen molar-refractivity contribution < 1.29 is 12.9 Å². The van der Waals surface area contributed by atoms with Crippen molar-refractivity contribution in [2.45, 2.75) is 25.3 Å². The molecule has 7 nitrogen and oxygen atoms in total. The Labute approximate surface area is 148 Å². The molecule has 1 aliphatic heterocycles. The summed E-state index contributed by atoms with van der Waals surface area (Å²) in [6.07, 6.45) is 2.60. The fourth-order valence-electron chi connectivity index (χ4n) is 3.08. The first-order chi connectivity index (χ1) is 12.0. The molecule has 0 spiro atoms. The van der Waals surface area contributed by atoms with Crippen LogP contribution in [0.25, 0.3) is 11.4 Å². The van der Waals surface area contributed by atoms with Gasteiger partial charge in [0.2, 0.25) is 21.7 Å². The van der Waals surface area contributed by atoms with E-state index < -0.39 is 10.0 Å². The van der Waals surface area contributed by atoms with Crippen LogP contribution in [0.2, 0.25) is 0 Å².